The standard InChI is InChI=1S/C32H55NO3/c1-19(2)28(36-30(35)29(33)20(3)4)13-8-21(5)25-11-12-26-24-10-9-22-18-23(34)14-16-31(22,6)27(24)15-17-32(25,26)7/h9,19-21,23-28,34-35H,8,10-18,33H2,1-7H3/b30-29+/t21-,23+,24+,25-,26+,27+,28+,31+,32-/m1/s1. The Balaban J connectivity index is 1.42. The van der Waals surface area contributed by atoms with Gasteiger partial charge in [0, 0.05) is 0 Å². The smallest absolute Gasteiger partial charge is 0.296 e. The molecule has 9 atom stereocenters. The van der Waals surface area contributed by atoms with E-state index in [1.54, 1.807) is 5.57 Å². The lowest BCUT2D eigenvalue weighted by Gasteiger charge is -2.58. The molecule has 0 aromatic heterocycles. The van der Waals surface area contributed by atoms with E-state index in [1.807, 2.05) is 13.8 Å². The van der Waals surface area contributed by atoms with Gasteiger partial charge in [0.2, 0.25) is 0 Å². The molecule has 0 aliphatic heterocycles. The molecule has 4 rings (SSSR count). The number of rotatable bonds is 8. The first-order valence-corrected chi connectivity index (χ1v) is 15.1. The van der Waals surface area contributed by atoms with Crippen molar-refractivity contribution < 1.29 is 14.9 Å². The summed E-state index contributed by atoms with van der Waals surface area (Å²) >= 11 is 0. The van der Waals surface area contributed by atoms with Crippen molar-refractivity contribution in [2.75, 3.05) is 0 Å². The fraction of sp³-hybridized carbons (Fsp3) is 0.875. The lowest BCUT2D eigenvalue weighted by Crippen LogP contribution is -2.50. The lowest BCUT2D eigenvalue weighted by atomic mass is 9.47. The number of allylic oxidation sites excluding steroid dienone is 2. The number of fused-ring (bicyclic) bond motifs is 5. The fourth-order valence-corrected chi connectivity index (χ4v) is 9.23. The monoisotopic (exact) mass is 501 g/mol. The molecule has 36 heavy (non-hydrogen) atoms. The van der Waals surface area contributed by atoms with Crippen molar-refractivity contribution in [2.45, 2.75) is 125 Å². The molecular formula is C32H55NO3. The average Bonchev–Trinajstić information content (AvgIpc) is 3.18. The van der Waals surface area contributed by atoms with E-state index in [0.717, 1.165) is 49.4 Å². The molecule has 4 aliphatic carbocycles. The van der Waals surface area contributed by atoms with Crippen molar-refractivity contribution in [1.29, 1.82) is 0 Å². The molecule has 3 fully saturated rings. The lowest BCUT2D eigenvalue weighted by molar-refractivity contribution is -0.0590. The Kier molecular flexibility index (Phi) is 8.16. The Bertz CT molecular complexity index is 846. The zero-order valence-corrected chi connectivity index (χ0v) is 24.2. The Morgan fingerprint density at radius 1 is 1.03 bits per heavy atom. The van der Waals surface area contributed by atoms with E-state index in [-0.39, 0.29) is 24.1 Å². The van der Waals surface area contributed by atoms with E-state index < -0.39 is 0 Å². The Morgan fingerprint density at radius 2 is 1.75 bits per heavy atom. The SMILES string of the molecule is CC(C)/C(N)=C(/O)O[C@@H](CC[C@@H](C)[C@H]1CC[C@H]2[C@@H]3CC=C4C[C@@H](O)CC[C@]4(C)[C@H]3CC[C@]12C)C(C)C. The third-order valence-electron chi connectivity index (χ3n) is 11.6. The maximum absolute atomic E-state index is 10.4. The van der Waals surface area contributed by atoms with Crippen molar-refractivity contribution in [3.8, 4) is 0 Å². The second-order valence-corrected chi connectivity index (χ2v) is 14.3. The van der Waals surface area contributed by atoms with Crippen LogP contribution in [0.4, 0.5) is 0 Å². The minimum Gasteiger partial charge on any atom is -0.480 e. The Labute approximate surface area is 221 Å². The topological polar surface area (TPSA) is 75.7 Å². The van der Waals surface area contributed by atoms with Crippen LogP contribution in [0.25, 0.3) is 0 Å². The van der Waals surface area contributed by atoms with E-state index >= 15 is 0 Å². The summed E-state index contributed by atoms with van der Waals surface area (Å²) in [7, 11) is 0. The second-order valence-electron chi connectivity index (χ2n) is 14.3. The zero-order valence-electron chi connectivity index (χ0n) is 24.2. The largest absolute Gasteiger partial charge is 0.480 e. The Morgan fingerprint density at radius 3 is 2.42 bits per heavy atom. The van der Waals surface area contributed by atoms with Crippen molar-refractivity contribution >= 4 is 0 Å². The molecule has 0 aromatic rings. The van der Waals surface area contributed by atoms with Crippen molar-refractivity contribution in [1.82, 2.24) is 0 Å². The van der Waals surface area contributed by atoms with Crippen LogP contribution >= 0.6 is 0 Å². The number of ether oxygens (including phenoxy) is 1. The molecule has 4 aliphatic rings. The second kappa shape index (κ2) is 10.5. The molecule has 0 amide bonds. The highest BCUT2D eigenvalue weighted by molar-refractivity contribution is 5.25. The number of aliphatic hydroxyl groups excluding tert-OH is 2. The summed E-state index contributed by atoms with van der Waals surface area (Å²) in [6, 6.07) is 0. The van der Waals surface area contributed by atoms with Crippen LogP contribution in [0.1, 0.15) is 113 Å². The molecule has 206 valence electrons. The Hall–Kier alpha value is -1.16. The van der Waals surface area contributed by atoms with E-state index in [9.17, 15) is 10.2 Å². The number of nitrogens with two attached hydrogens (primary N) is 1. The summed E-state index contributed by atoms with van der Waals surface area (Å²) in [4.78, 5) is 0. The molecule has 4 nitrogen and oxygen atoms in total. The fourth-order valence-electron chi connectivity index (χ4n) is 9.23. The van der Waals surface area contributed by atoms with Crippen molar-refractivity contribution in [2.24, 2.45) is 58.0 Å². The van der Waals surface area contributed by atoms with Gasteiger partial charge < -0.3 is 20.7 Å². The van der Waals surface area contributed by atoms with Crippen LogP contribution < -0.4 is 5.73 Å². The van der Waals surface area contributed by atoms with Gasteiger partial charge in [0.25, 0.3) is 5.95 Å². The molecule has 0 bridgehead atoms. The minimum absolute atomic E-state index is 0.00556. The highest BCUT2D eigenvalue weighted by atomic mass is 16.6. The molecule has 4 N–H and O–H groups in total. The molecule has 0 aromatic carbocycles. The maximum Gasteiger partial charge on any atom is 0.296 e. The highest BCUT2D eigenvalue weighted by Crippen LogP contribution is 2.67. The molecule has 4 heteroatoms. The van der Waals surface area contributed by atoms with Crippen LogP contribution in [0.15, 0.2) is 23.3 Å². The summed E-state index contributed by atoms with van der Waals surface area (Å²) < 4.78 is 6.01. The number of hydrogen-bond acceptors (Lipinski definition) is 4. The third kappa shape index (κ3) is 4.97. The number of hydrogen-bond donors (Lipinski definition) is 3. The molecule has 0 unspecified atom stereocenters. The van der Waals surface area contributed by atoms with Gasteiger partial charge in [-0.3, -0.25) is 0 Å². The molecule has 0 heterocycles. The first-order chi connectivity index (χ1) is 16.9. The van der Waals surface area contributed by atoms with Crippen LogP contribution in [0.3, 0.4) is 0 Å². The van der Waals surface area contributed by atoms with Gasteiger partial charge in [-0.15, -0.1) is 0 Å². The highest BCUT2D eigenvalue weighted by Gasteiger charge is 2.59. The molecule has 0 radical (unpaired) electrons. The predicted molar refractivity (Wildman–Crippen MR) is 148 cm³/mol. The summed E-state index contributed by atoms with van der Waals surface area (Å²) in [6.07, 6.45) is 14.3. The molecular weight excluding hydrogens is 446 g/mol. The van der Waals surface area contributed by atoms with Crippen LogP contribution in [0, 0.1) is 52.3 Å². The normalized spacial score (nSPS) is 40.6. The van der Waals surface area contributed by atoms with Gasteiger partial charge in [-0.1, -0.05) is 60.1 Å². The van der Waals surface area contributed by atoms with Gasteiger partial charge in [-0.2, -0.15) is 0 Å². The van der Waals surface area contributed by atoms with Gasteiger partial charge in [0.15, 0.2) is 0 Å². The first-order valence-electron chi connectivity index (χ1n) is 15.1. The van der Waals surface area contributed by atoms with Gasteiger partial charge >= 0.3 is 0 Å². The van der Waals surface area contributed by atoms with Crippen LogP contribution in [0.2, 0.25) is 0 Å². The molecule has 0 spiro atoms. The van der Waals surface area contributed by atoms with Crippen LogP contribution in [-0.2, 0) is 4.74 Å². The molecule has 0 saturated heterocycles. The average molecular weight is 502 g/mol. The summed E-state index contributed by atoms with van der Waals surface area (Å²) in [5.41, 5.74) is 8.83. The maximum atomic E-state index is 10.4. The van der Waals surface area contributed by atoms with E-state index in [4.69, 9.17) is 10.5 Å². The summed E-state index contributed by atoms with van der Waals surface area (Å²) in [6.45, 7) is 15.9. The predicted octanol–water partition coefficient (Wildman–Crippen LogP) is 7.73. The first kappa shape index (κ1) is 27.9. The zero-order chi connectivity index (χ0) is 26.4. The minimum atomic E-state index is -0.121. The quantitative estimate of drug-likeness (QED) is 0.235. The number of aliphatic hydroxyl groups is 2. The van der Waals surface area contributed by atoms with Crippen LogP contribution in [-0.4, -0.2) is 22.4 Å². The van der Waals surface area contributed by atoms with Crippen molar-refractivity contribution in [3.63, 3.8) is 0 Å². The van der Waals surface area contributed by atoms with Crippen molar-refractivity contribution in [3.05, 3.63) is 23.3 Å². The van der Waals surface area contributed by atoms with E-state index in [2.05, 4.69) is 40.7 Å². The van der Waals surface area contributed by atoms with Gasteiger partial charge in [0.1, 0.15) is 6.10 Å². The van der Waals surface area contributed by atoms with E-state index in [1.165, 1.54) is 38.5 Å². The summed E-state index contributed by atoms with van der Waals surface area (Å²) in [5.74, 6) is 4.22. The molecule has 3 saturated carbocycles. The van der Waals surface area contributed by atoms with Gasteiger partial charge in [0.05, 0.1) is 11.8 Å². The summed E-state index contributed by atoms with van der Waals surface area (Å²) in [5, 5.41) is 20.7. The third-order valence-corrected chi connectivity index (χ3v) is 11.6. The van der Waals surface area contributed by atoms with Crippen LogP contribution in [0.5, 0.6) is 0 Å². The van der Waals surface area contributed by atoms with Gasteiger partial charge in [-0.25, -0.2) is 0 Å². The van der Waals surface area contributed by atoms with Gasteiger partial charge in [-0.05, 0) is 116 Å². The van der Waals surface area contributed by atoms with E-state index in [0.29, 0.717) is 28.4 Å².